The minimum absolute atomic E-state index is 0. The number of aliphatic carboxylic acids is 3. The molecule has 0 aliphatic carbocycles. The molecule has 0 bridgehead atoms. The van der Waals surface area contributed by atoms with E-state index in [9.17, 15) is 34.5 Å². The average Bonchev–Trinajstić information content (AvgIpc) is 3.89. The molecule has 1 amide bonds. The van der Waals surface area contributed by atoms with Gasteiger partial charge in [0.25, 0.3) is 11.7 Å². The molecule has 0 unspecified atom stereocenters. The maximum absolute atomic E-state index is 14.5. The number of oxazole rings is 1. The number of fused-ring (bicyclic) bond motifs is 3. The van der Waals surface area contributed by atoms with Crippen LogP contribution in [0.2, 0.25) is 0 Å². The van der Waals surface area contributed by atoms with E-state index < -0.39 is 53.8 Å². The van der Waals surface area contributed by atoms with Gasteiger partial charge in [-0.05, 0) is 71.7 Å². The van der Waals surface area contributed by atoms with E-state index in [1.54, 1.807) is 43.3 Å². The summed E-state index contributed by atoms with van der Waals surface area (Å²) in [7, 11) is 0. The number of hydrogen-bond acceptors (Lipinski definition) is 13. The van der Waals surface area contributed by atoms with Gasteiger partial charge in [0.05, 0.1) is 5.97 Å². The normalized spacial score (nSPS) is 17.8. The third-order valence-electron chi connectivity index (χ3n) is 9.18. The number of hydrogen-bond donors (Lipinski definition) is 0. The van der Waals surface area contributed by atoms with Crippen LogP contribution in [0.15, 0.2) is 95.4 Å². The summed E-state index contributed by atoms with van der Waals surface area (Å²) in [4.78, 5) is 56.4. The number of nitrogens with zero attached hydrogens (tertiary/aromatic N) is 2. The van der Waals surface area contributed by atoms with Crippen molar-refractivity contribution in [1.29, 1.82) is 0 Å². The Kier molecular flexibility index (Phi) is 15.2. The van der Waals surface area contributed by atoms with E-state index in [0.29, 0.717) is 39.6 Å². The molecule has 1 aromatic heterocycles. The van der Waals surface area contributed by atoms with Crippen molar-refractivity contribution in [2.75, 3.05) is 6.79 Å². The second-order valence-electron chi connectivity index (χ2n) is 12.4. The molecule has 0 N–H and O–H groups in total. The number of amides is 1. The molecular weight excluding hydrogens is 745 g/mol. The second-order valence-corrected chi connectivity index (χ2v) is 12.4. The number of allylic oxidation sites excluding steroid dienone is 1. The smallest absolute Gasteiger partial charge is 0.547 e. The summed E-state index contributed by atoms with van der Waals surface area (Å²) in [5, 5.41) is 37.8. The predicted octanol–water partition coefficient (Wildman–Crippen LogP) is -7.94. The molecule has 55 heavy (non-hydrogen) atoms. The van der Waals surface area contributed by atoms with Crippen molar-refractivity contribution in [1.82, 2.24) is 9.88 Å². The molecule has 14 nitrogen and oxygen atoms in total. The zero-order chi connectivity index (χ0) is 36.6. The summed E-state index contributed by atoms with van der Waals surface area (Å²) in [6, 6.07) is 24.8. The van der Waals surface area contributed by atoms with Gasteiger partial charge < -0.3 is 58.0 Å². The summed E-state index contributed by atoms with van der Waals surface area (Å²) in [5.74, 6) is -10.9. The second kappa shape index (κ2) is 18.8. The molecule has 2 aliphatic heterocycles. The molecule has 0 saturated carbocycles. The molecule has 266 valence electrons. The number of carboxylic acids is 3. The van der Waals surface area contributed by atoms with Crippen LogP contribution in [0.4, 0.5) is 0 Å². The van der Waals surface area contributed by atoms with Crippen molar-refractivity contribution in [3.63, 3.8) is 0 Å². The van der Waals surface area contributed by atoms with Gasteiger partial charge in [-0.3, -0.25) is 4.79 Å². The maximum Gasteiger partial charge on any atom is 1.00 e. The number of ether oxygens (including phenoxy) is 4. The van der Waals surface area contributed by atoms with Gasteiger partial charge in [-0.15, -0.1) is 0 Å². The fourth-order valence-corrected chi connectivity index (χ4v) is 6.51. The van der Waals surface area contributed by atoms with E-state index in [-0.39, 0.29) is 108 Å². The average molecular weight is 775 g/mol. The van der Waals surface area contributed by atoms with Gasteiger partial charge in [0.15, 0.2) is 23.2 Å². The van der Waals surface area contributed by atoms with Crippen LogP contribution in [0.25, 0.3) is 27.9 Å². The van der Waals surface area contributed by atoms with Crippen LogP contribution in [0, 0.1) is 0 Å². The van der Waals surface area contributed by atoms with Crippen LogP contribution in [0.1, 0.15) is 36.3 Å². The molecular formula is C38H29N2Na3O12. The standard InChI is InChI=1S/C38H32N2O12.3Na/c1-21(26(25-15-16-29-30(18-25)49-20-48-29)9-6-12-31-39-27-10-4-5-11-28(27)50-31)40(19-22-13-14-23-7-2-3-8-24(23)17-22)34(41)32-33(35(42)43)52-38(51-32,36(44)45)37(46)47;;;/h2-8,10-18,21,26,32-33H,9,19-20H2,1H3,(H,42,43)(H,44,45)(H,46,47);;;/q;3*+1/p-3/b12-6+;;;/t21-,26-,32+,33+;;;/m0.../s1. The molecule has 17 heteroatoms. The fraction of sp³-hybridized carbons (Fsp3) is 0.237. The van der Waals surface area contributed by atoms with E-state index in [2.05, 4.69) is 4.98 Å². The van der Waals surface area contributed by atoms with Crippen molar-refractivity contribution >= 4 is 51.8 Å². The van der Waals surface area contributed by atoms with Crippen LogP contribution in [0.5, 0.6) is 11.5 Å². The number of para-hydroxylation sites is 2. The molecule has 0 radical (unpaired) electrons. The quantitative estimate of drug-likeness (QED) is 0.0855. The molecule has 3 heterocycles. The minimum atomic E-state index is -3.68. The largest absolute Gasteiger partial charge is 1.00 e. The molecule has 5 aromatic rings. The Labute approximate surface area is 380 Å². The number of carboxylic acid groups (broad SMARTS) is 3. The van der Waals surface area contributed by atoms with Gasteiger partial charge in [-0.25, -0.2) is 4.98 Å². The summed E-state index contributed by atoms with van der Waals surface area (Å²) in [5.41, 5.74) is 2.59. The number of aromatic nitrogens is 1. The van der Waals surface area contributed by atoms with E-state index in [0.717, 1.165) is 10.8 Å². The van der Waals surface area contributed by atoms with Crippen LogP contribution in [0.3, 0.4) is 0 Å². The first-order valence-electron chi connectivity index (χ1n) is 16.2. The summed E-state index contributed by atoms with van der Waals surface area (Å²) in [6.45, 7) is 1.60. The summed E-state index contributed by atoms with van der Waals surface area (Å²) in [6.07, 6.45) is -0.925. The third kappa shape index (κ3) is 9.16. The molecule has 0 spiro atoms. The number of rotatable bonds is 12. The topological polar surface area (TPSA) is 204 Å². The minimum Gasteiger partial charge on any atom is -0.547 e. The van der Waals surface area contributed by atoms with Gasteiger partial charge in [0.2, 0.25) is 12.7 Å². The van der Waals surface area contributed by atoms with E-state index in [1.807, 2.05) is 60.7 Å². The number of carbonyl (C=O) groups is 4. The SMILES string of the molecule is C[C@@H]([C@H](C/C=C/c1nc2ccccc2o1)c1ccc2c(c1)OCO2)N(Cc1ccc2ccccc2c1)C(=O)[C@@H]1OC(C(=O)[O-])(C(=O)[O-])O[C@H]1C(=O)[O-].[Na+].[Na+].[Na+]. The van der Waals surface area contributed by atoms with Gasteiger partial charge in [0.1, 0.15) is 23.6 Å². The first kappa shape index (κ1) is 44.5. The Balaban J connectivity index is 0.00000224. The Bertz CT molecular complexity index is 2200. The zero-order valence-corrected chi connectivity index (χ0v) is 36.5. The monoisotopic (exact) mass is 774 g/mol. The summed E-state index contributed by atoms with van der Waals surface area (Å²) >= 11 is 0. The number of carbonyl (C=O) groups excluding carboxylic acids is 4. The molecule has 4 atom stereocenters. The molecule has 7 rings (SSSR count). The van der Waals surface area contributed by atoms with Crippen LogP contribution in [-0.4, -0.2) is 64.5 Å². The van der Waals surface area contributed by atoms with Gasteiger partial charge in [-0.2, -0.15) is 0 Å². The van der Waals surface area contributed by atoms with E-state index >= 15 is 0 Å². The van der Waals surface area contributed by atoms with Crippen molar-refractivity contribution in [2.24, 2.45) is 0 Å². The van der Waals surface area contributed by atoms with Gasteiger partial charge >= 0.3 is 88.7 Å². The molecule has 4 aromatic carbocycles. The van der Waals surface area contributed by atoms with E-state index in [1.165, 1.54) is 4.90 Å². The Morgan fingerprint density at radius 2 is 1.51 bits per heavy atom. The first-order chi connectivity index (χ1) is 25.0. The van der Waals surface area contributed by atoms with Crippen molar-refractivity contribution in [3.8, 4) is 11.5 Å². The zero-order valence-electron chi connectivity index (χ0n) is 30.5. The fourth-order valence-electron chi connectivity index (χ4n) is 6.51. The first-order valence-corrected chi connectivity index (χ1v) is 16.2. The van der Waals surface area contributed by atoms with Gasteiger partial charge in [0, 0.05) is 18.5 Å². The summed E-state index contributed by atoms with van der Waals surface area (Å²) < 4.78 is 26.9. The van der Waals surface area contributed by atoms with Crippen molar-refractivity contribution in [2.45, 2.75) is 49.8 Å². The Morgan fingerprint density at radius 3 is 2.22 bits per heavy atom. The molecule has 2 aliphatic rings. The molecule has 1 saturated heterocycles. The Hall–Kier alpha value is -3.25. The predicted molar refractivity (Wildman–Crippen MR) is 174 cm³/mol. The van der Waals surface area contributed by atoms with Crippen LogP contribution < -0.4 is 113 Å². The van der Waals surface area contributed by atoms with Crippen molar-refractivity contribution < 1.29 is 147 Å². The van der Waals surface area contributed by atoms with Crippen LogP contribution >= 0.6 is 0 Å². The number of benzene rings is 4. The van der Waals surface area contributed by atoms with E-state index in [4.69, 9.17) is 23.4 Å². The molecule has 1 fully saturated rings. The Morgan fingerprint density at radius 1 is 0.836 bits per heavy atom. The van der Waals surface area contributed by atoms with Crippen molar-refractivity contribution in [3.05, 3.63) is 108 Å². The van der Waals surface area contributed by atoms with Crippen LogP contribution in [-0.2, 0) is 35.2 Å². The third-order valence-corrected chi connectivity index (χ3v) is 9.18. The maximum atomic E-state index is 14.5. The van der Waals surface area contributed by atoms with Gasteiger partial charge in [-0.1, -0.05) is 60.7 Å².